The van der Waals surface area contributed by atoms with E-state index in [-0.39, 0.29) is 0 Å². The average molecular weight is 355 g/mol. The van der Waals surface area contributed by atoms with E-state index in [4.69, 9.17) is 0 Å². The van der Waals surface area contributed by atoms with Crippen LogP contribution in [-0.2, 0) is 12.8 Å². The molecule has 27 heavy (non-hydrogen) atoms. The highest BCUT2D eigenvalue weighted by atomic mass is 15.2. The van der Waals surface area contributed by atoms with Crippen LogP contribution in [0.5, 0.6) is 0 Å². The Labute approximate surface area is 160 Å². The second kappa shape index (κ2) is 5.32. The third-order valence-electron chi connectivity index (χ3n) is 7.04. The summed E-state index contributed by atoms with van der Waals surface area (Å²) in [7, 11) is 2.32. The first-order valence-corrected chi connectivity index (χ1v) is 10.1. The Morgan fingerprint density at radius 2 is 2.04 bits per heavy atom. The second-order valence-electron chi connectivity index (χ2n) is 8.68. The molecular weight excluding hydrogens is 330 g/mol. The SMILES string of the molecule is Cc1ccc2c(c1)c1c(n2C=C2Cc3cnc(C)cc32)CC2CCC1N2C. The van der Waals surface area contributed by atoms with Gasteiger partial charge in [-0.05, 0) is 74.2 Å². The highest BCUT2D eigenvalue weighted by molar-refractivity contribution is 5.93. The van der Waals surface area contributed by atoms with E-state index in [1.807, 2.05) is 6.20 Å². The number of pyridine rings is 1. The number of rotatable bonds is 1. The predicted molar refractivity (Wildman–Crippen MR) is 111 cm³/mol. The van der Waals surface area contributed by atoms with E-state index in [0.29, 0.717) is 12.1 Å². The summed E-state index contributed by atoms with van der Waals surface area (Å²) in [5.74, 6) is 0. The van der Waals surface area contributed by atoms with Crippen molar-refractivity contribution in [1.82, 2.24) is 14.5 Å². The maximum absolute atomic E-state index is 4.45. The molecule has 2 aliphatic heterocycles. The Hall–Kier alpha value is -2.39. The number of fused-ring (bicyclic) bond motifs is 7. The van der Waals surface area contributed by atoms with E-state index in [1.54, 1.807) is 11.3 Å². The van der Waals surface area contributed by atoms with Crippen molar-refractivity contribution >= 4 is 22.7 Å². The Morgan fingerprint density at radius 3 is 2.93 bits per heavy atom. The fourth-order valence-corrected chi connectivity index (χ4v) is 5.56. The lowest BCUT2D eigenvalue weighted by atomic mass is 9.84. The highest BCUT2D eigenvalue weighted by Gasteiger charge is 2.40. The predicted octanol–water partition coefficient (Wildman–Crippen LogP) is 4.90. The molecule has 136 valence electrons. The van der Waals surface area contributed by atoms with Crippen molar-refractivity contribution in [2.24, 2.45) is 0 Å². The van der Waals surface area contributed by atoms with Gasteiger partial charge in [-0.25, -0.2) is 0 Å². The van der Waals surface area contributed by atoms with Crippen molar-refractivity contribution in [3.8, 4) is 0 Å². The Balaban J connectivity index is 1.59. The summed E-state index contributed by atoms with van der Waals surface area (Å²) in [5, 5.41) is 1.46. The van der Waals surface area contributed by atoms with Crippen LogP contribution in [0.15, 0.2) is 30.5 Å². The lowest BCUT2D eigenvalue weighted by Crippen LogP contribution is -2.34. The summed E-state index contributed by atoms with van der Waals surface area (Å²) in [6.45, 7) is 4.29. The molecule has 1 fully saturated rings. The van der Waals surface area contributed by atoms with Gasteiger partial charge in [-0.15, -0.1) is 0 Å². The molecule has 0 amide bonds. The molecule has 3 aliphatic rings. The molecule has 2 atom stereocenters. The van der Waals surface area contributed by atoms with Gasteiger partial charge in [-0.2, -0.15) is 0 Å². The van der Waals surface area contributed by atoms with Crippen LogP contribution in [0, 0.1) is 13.8 Å². The normalized spacial score (nSPS) is 24.9. The summed E-state index contributed by atoms with van der Waals surface area (Å²) in [6, 6.07) is 10.5. The van der Waals surface area contributed by atoms with Gasteiger partial charge in [-0.3, -0.25) is 9.88 Å². The van der Waals surface area contributed by atoms with Gasteiger partial charge in [0.15, 0.2) is 0 Å². The van der Waals surface area contributed by atoms with Crippen molar-refractivity contribution < 1.29 is 0 Å². The summed E-state index contributed by atoms with van der Waals surface area (Å²) < 4.78 is 2.52. The van der Waals surface area contributed by atoms with E-state index in [9.17, 15) is 0 Å². The topological polar surface area (TPSA) is 21.1 Å². The highest BCUT2D eigenvalue weighted by Crippen LogP contribution is 2.47. The second-order valence-corrected chi connectivity index (χ2v) is 8.68. The van der Waals surface area contributed by atoms with Gasteiger partial charge in [0.1, 0.15) is 0 Å². The molecule has 0 N–H and O–H groups in total. The monoisotopic (exact) mass is 355 g/mol. The fraction of sp³-hybridized carbons (Fsp3) is 0.375. The van der Waals surface area contributed by atoms with Gasteiger partial charge >= 0.3 is 0 Å². The van der Waals surface area contributed by atoms with Crippen LogP contribution in [-0.4, -0.2) is 27.5 Å². The molecule has 0 saturated carbocycles. The minimum absolute atomic E-state index is 0.586. The smallest absolute Gasteiger partial charge is 0.0529 e. The van der Waals surface area contributed by atoms with Crippen molar-refractivity contribution in [2.75, 3.05) is 7.05 Å². The van der Waals surface area contributed by atoms with E-state index in [0.717, 1.165) is 12.1 Å². The first kappa shape index (κ1) is 15.6. The first-order valence-electron chi connectivity index (χ1n) is 10.1. The first-order chi connectivity index (χ1) is 13.1. The number of nitrogens with zero attached hydrogens (tertiary/aromatic N) is 3. The summed E-state index contributed by atoms with van der Waals surface area (Å²) >= 11 is 0. The van der Waals surface area contributed by atoms with Crippen molar-refractivity contribution in [3.05, 3.63) is 64.1 Å². The van der Waals surface area contributed by atoms with E-state index < -0.39 is 0 Å². The fourth-order valence-electron chi connectivity index (χ4n) is 5.56. The number of hydrogen-bond acceptors (Lipinski definition) is 2. The molecule has 2 bridgehead atoms. The maximum atomic E-state index is 4.45. The van der Waals surface area contributed by atoms with E-state index in [1.165, 1.54) is 52.4 Å². The van der Waals surface area contributed by atoms with E-state index in [2.05, 4.69) is 65.8 Å². The minimum atomic E-state index is 0.586. The molecule has 1 aliphatic carbocycles. The number of aryl methyl sites for hydroxylation is 2. The summed E-state index contributed by atoms with van der Waals surface area (Å²) in [4.78, 5) is 7.07. The lowest BCUT2D eigenvalue weighted by Gasteiger charge is -2.32. The van der Waals surface area contributed by atoms with Gasteiger partial charge < -0.3 is 4.57 Å². The number of benzene rings is 1. The third-order valence-corrected chi connectivity index (χ3v) is 7.04. The average Bonchev–Trinajstić information content (AvgIpc) is 3.04. The Bertz CT molecular complexity index is 1130. The molecule has 1 saturated heterocycles. The van der Waals surface area contributed by atoms with Crippen LogP contribution >= 0.6 is 0 Å². The van der Waals surface area contributed by atoms with Crippen molar-refractivity contribution in [2.45, 2.75) is 51.6 Å². The zero-order valence-corrected chi connectivity index (χ0v) is 16.3. The van der Waals surface area contributed by atoms with Gasteiger partial charge in [0, 0.05) is 54.1 Å². The van der Waals surface area contributed by atoms with Gasteiger partial charge in [-0.1, -0.05) is 11.6 Å². The molecule has 0 spiro atoms. The molecule has 6 rings (SSSR count). The van der Waals surface area contributed by atoms with Crippen LogP contribution in [0.2, 0.25) is 0 Å². The molecule has 4 heterocycles. The lowest BCUT2D eigenvalue weighted by molar-refractivity contribution is 0.223. The van der Waals surface area contributed by atoms with E-state index >= 15 is 0 Å². The zero-order valence-electron chi connectivity index (χ0n) is 16.3. The summed E-state index contributed by atoms with van der Waals surface area (Å²) in [6.07, 6.45) is 9.30. The third kappa shape index (κ3) is 2.09. The van der Waals surface area contributed by atoms with Gasteiger partial charge in [0.2, 0.25) is 0 Å². The number of likely N-dealkylation sites (N-methyl/N-ethyl adjacent to an activating group) is 1. The standard InChI is InChI=1S/C24H25N3/c1-14-4-6-21-20(8-14)24-22-7-5-18(26(22)3)11-23(24)27(21)13-17-10-16-12-25-15(2)9-19(16)17/h4,6,8-9,12-13,18,22H,5,7,10-11H2,1-3H3. The molecule has 2 unspecified atom stereocenters. The number of allylic oxidation sites excluding steroid dienone is 1. The zero-order chi connectivity index (χ0) is 18.3. The molecular formula is C24H25N3. The molecule has 1 aromatic carbocycles. The van der Waals surface area contributed by atoms with Crippen LogP contribution in [0.4, 0.5) is 0 Å². The Kier molecular flexibility index (Phi) is 3.09. The molecule has 3 aromatic rings. The van der Waals surface area contributed by atoms with Crippen LogP contribution < -0.4 is 0 Å². The van der Waals surface area contributed by atoms with Crippen molar-refractivity contribution in [3.63, 3.8) is 0 Å². The maximum Gasteiger partial charge on any atom is 0.0529 e. The van der Waals surface area contributed by atoms with Crippen molar-refractivity contribution in [1.29, 1.82) is 0 Å². The number of aromatic nitrogens is 2. The molecule has 2 aromatic heterocycles. The molecule has 3 nitrogen and oxygen atoms in total. The molecule has 0 radical (unpaired) electrons. The summed E-state index contributed by atoms with van der Waals surface area (Å²) in [5.41, 5.74) is 11.2. The van der Waals surface area contributed by atoms with Crippen LogP contribution in [0.25, 0.3) is 22.7 Å². The van der Waals surface area contributed by atoms with Crippen LogP contribution in [0.3, 0.4) is 0 Å². The minimum Gasteiger partial charge on any atom is -0.320 e. The quantitative estimate of drug-likeness (QED) is 0.619. The van der Waals surface area contributed by atoms with Gasteiger partial charge in [0.25, 0.3) is 0 Å². The van der Waals surface area contributed by atoms with Gasteiger partial charge in [0.05, 0.1) is 5.52 Å². The molecule has 3 heteroatoms. The van der Waals surface area contributed by atoms with Crippen LogP contribution in [0.1, 0.15) is 52.5 Å². The Morgan fingerprint density at radius 1 is 1.15 bits per heavy atom. The largest absolute Gasteiger partial charge is 0.320 e. The number of hydrogen-bond donors (Lipinski definition) is 0.